The average Bonchev–Trinajstić information content (AvgIpc) is 2.35. The van der Waals surface area contributed by atoms with Gasteiger partial charge in [-0.1, -0.05) is 0 Å². The molecule has 6 nitrogen and oxygen atoms in total. The van der Waals surface area contributed by atoms with Gasteiger partial charge in [0, 0.05) is 30.6 Å². The predicted octanol–water partition coefficient (Wildman–Crippen LogP) is 1.53. The van der Waals surface area contributed by atoms with Gasteiger partial charge in [-0.25, -0.2) is 0 Å². The first kappa shape index (κ1) is 15.5. The predicted molar refractivity (Wildman–Crippen MR) is 73.1 cm³/mol. The van der Waals surface area contributed by atoms with Gasteiger partial charge in [-0.3, -0.25) is 14.9 Å². The average molecular weight is 284 g/mol. The topological polar surface area (TPSA) is 83.7 Å². The zero-order chi connectivity index (χ0) is 14.4. The molecule has 0 bridgehead atoms. The van der Waals surface area contributed by atoms with E-state index in [1.165, 1.54) is 28.8 Å². The molecule has 104 valence electrons. The van der Waals surface area contributed by atoms with Gasteiger partial charge in [0.2, 0.25) is 5.91 Å². The molecule has 0 aliphatic heterocycles. The molecule has 0 spiro atoms. The Labute approximate surface area is 115 Å². The summed E-state index contributed by atoms with van der Waals surface area (Å²) in [5, 5.41) is 19.7. The van der Waals surface area contributed by atoms with Crippen LogP contribution in [-0.4, -0.2) is 46.3 Å². The number of aliphatic hydroxyl groups excluding tert-OH is 1. The lowest BCUT2D eigenvalue weighted by Crippen LogP contribution is -2.34. The zero-order valence-electron chi connectivity index (χ0n) is 10.8. The summed E-state index contributed by atoms with van der Waals surface area (Å²) in [4.78, 5) is 24.0. The Morgan fingerprint density at radius 3 is 2.53 bits per heavy atom. The lowest BCUT2D eigenvalue weighted by Gasteiger charge is -2.18. The molecule has 7 heteroatoms. The lowest BCUT2D eigenvalue weighted by atomic mass is 10.3. The van der Waals surface area contributed by atoms with Crippen molar-refractivity contribution in [3.63, 3.8) is 0 Å². The maximum Gasteiger partial charge on any atom is 0.269 e. The molecule has 0 saturated heterocycles. The number of hydrogen-bond acceptors (Lipinski definition) is 5. The standard InChI is InChI=1S/C12H16N2O4S/c1-9(15)7-13(2)12(16)8-19-11-5-3-10(4-6-11)14(17)18/h3-6,9,15H,7-8H2,1-2H3. The second-order valence-electron chi connectivity index (χ2n) is 4.16. The quantitative estimate of drug-likeness (QED) is 0.486. The van der Waals surface area contributed by atoms with E-state index in [-0.39, 0.29) is 17.3 Å². The number of benzene rings is 1. The van der Waals surface area contributed by atoms with Gasteiger partial charge < -0.3 is 10.0 Å². The van der Waals surface area contributed by atoms with Gasteiger partial charge in [0.05, 0.1) is 16.8 Å². The van der Waals surface area contributed by atoms with Crippen LogP contribution in [0, 0.1) is 10.1 Å². The lowest BCUT2D eigenvalue weighted by molar-refractivity contribution is -0.384. The van der Waals surface area contributed by atoms with Crippen molar-refractivity contribution < 1.29 is 14.8 Å². The van der Waals surface area contributed by atoms with Gasteiger partial charge >= 0.3 is 0 Å². The Morgan fingerprint density at radius 2 is 2.05 bits per heavy atom. The molecular weight excluding hydrogens is 268 g/mol. The second-order valence-corrected chi connectivity index (χ2v) is 5.21. The Balaban J connectivity index is 2.48. The Bertz CT molecular complexity index is 448. The maximum absolute atomic E-state index is 11.7. The fourth-order valence-corrected chi connectivity index (χ4v) is 2.26. The third-order valence-corrected chi connectivity index (χ3v) is 3.37. The van der Waals surface area contributed by atoms with Gasteiger partial charge in [-0.2, -0.15) is 0 Å². The molecule has 0 radical (unpaired) electrons. The van der Waals surface area contributed by atoms with Crippen LogP contribution in [0.5, 0.6) is 0 Å². The fraction of sp³-hybridized carbons (Fsp3) is 0.417. The summed E-state index contributed by atoms with van der Waals surface area (Å²) < 4.78 is 0. The highest BCUT2D eigenvalue weighted by molar-refractivity contribution is 8.00. The molecule has 1 unspecified atom stereocenters. The first-order chi connectivity index (χ1) is 8.90. The van der Waals surface area contributed by atoms with Crippen molar-refractivity contribution in [3.05, 3.63) is 34.4 Å². The van der Waals surface area contributed by atoms with Gasteiger partial charge in [-0.05, 0) is 19.1 Å². The molecular formula is C12H16N2O4S. The third kappa shape index (κ3) is 5.27. The molecule has 0 heterocycles. The second kappa shape index (κ2) is 7.10. The first-order valence-corrected chi connectivity index (χ1v) is 6.68. The number of nitrogens with zero attached hydrogens (tertiary/aromatic N) is 2. The molecule has 1 atom stereocenters. The van der Waals surface area contributed by atoms with E-state index >= 15 is 0 Å². The fourth-order valence-electron chi connectivity index (χ4n) is 1.42. The molecule has 1 amide bonds. The summed E-state index contributed by atoms with van der Waals surface area (Å²) in [6, 6.07) is 6.05. The molecule has 0 aromatic heterocycles. The van der Waals surface area contributed by atoms with Crippen LogP contribution in [0.4, 0.5) is 5.69 Å². The van der Waals surface area contributed by atoms with Crippen molar-refractivity contribution in [2.45, 2.75) is 17.9 Å². The van der Waals surface area contributed by atoms with Crippen LogP contribution < -0.4 is 0 Å². The van der Waals surface area contributed by atoms with Gasteiger partial charge in [0.1, 0.15) is 0 Å². The summed E-state index contributed by atoms with van der Waals surface area (Å²) in [5.41, 5.74) is 0.0295. The molecule has 19 heavy (non-hydrogen) atoms. The van der Waals surface area contributed by atoms with E-state index in [2.05, 4.69) is 0 Å². The minimum absolute atomic E-state index is 0.0295. The van der Waals surface area contributed by atoms with Gasteiger partial charge in [0.15, 0.2) is 0 Å². The summed E-state index contributed by atoms with van der Waals surface area (Å²) in [6.45, 7) is 1.91. The molecule has 0 fully saturated rings. The minimum atomic E-state index is -0.557. The number of thioether (sulfide) groups is 1. The van der Waals surface area contributed by atoms with Gasteiger partial charge in [-0.15, -0.1) is 11.8 Å². The molecule has 1 N–H and O–H groups in total. The number of aliphatic hydroxyl groups is 1. The molecule has 0 aliphatic carbocycles. The van der Waals surface area contributed by atoms with E-state index in [1.807, 2.05) is 0 Å². The zero-order valence-corrected chi connectivity index (χ0v) is 11.6. The molecule has 1 aromatic rings. The maximum atomic E-state index is 11.7. The number of rotatable bonds is 6. The number of nitro benzene ring substituents is 1. The van der Waals surface area contributed by atoms with Crippen molar-refractivity contribution in [1.29, 1.82) is 0 Å². The molecule has 1 rings (SSSR count). The van der Waals surface area contributed by atoms with E-state index in [1.54, 1.807) is 26.1 Å². The van der Waals surface area contributed by atoms with Crippen LogP contribution >= 0.6 is 11.8 Å². The number of carbonyl (C=O) groups excluding carboxylic acids is 1. The highest BCUT2D eigenvalue weighted by atomic mass is 32.2. The Kier molecular flexibility index (Phi) is 5.78. The summed E-state index contributed by atoms with van der Waals surface area (Å²) in [6.07, 6.45) is -0.557. The molecule has 0 saturated carbocycles. The number of likely N-dealkylation sites (N-methyl/N-ethyl adjacent to an activating group) is 1. The van der Waals surface area contributed by atoms with Crippen LogP contribution in [0.1, 0.15) is 6.92 Å². The van der Waals surface area contributed by atoms with Crippen LogP contribution in [0.15, 0.2) is 29.2 Å². The van der Waals surface area contributed by atoms with E-state index in [0.29, 0.717) is 6.54 Å². The van der Waals surface area contributed by atoms with E-state index in [4.69, 9.17) is 0 Å². The highest BCUT2D eigenvalue weighted by Crippen LogP contribution is 2.21. The van der Waals surface area contributed by atoms with Crippen molar-refractivity contribution in [1.82, 2.24) is 4.90 Å². The smallest absolute Gasteiger partial charge is 0.269 e. The van der Waals surface area contributed by atoms with Crippen LogP contribution in [0.2, 0.25) is 0 Å². The van der Waals surface area contributed by atoms with Crippen molar-refractivity contribution in [2.75, 3.05) is 19.3 Å². The molecule has 0 aliphatic rings. The number of hydrogen-bond donors (Lipinski definition) is 1. The van der Waals surface area contributed by atoms with Gasteiger partial charge in [0.25, 0.3) is 5.69 Å². The van der Waals surface area contributed by atoms with Crippen molar-refractivity contribution >= 4 is 23.4 Å². The number of non-ortho nitro benzene ring substituents is 1. The number of carbonyl (C=O) groups is 1. The van der Waals surface area contributed by atoms with E-state index in [9.17, 15) is 20.0 Å². The van der Waals surface area contributed by atoms with Crippen molar-refractivity contribution in [2.24, 2.45) is 0 Å². The van der Waals surface area contributed by atoms with Crippen LogP contribution in [0.25, 0.3) is 0 Å². The first-order valence-electron chi connectivity index (χ1n) is 5.69. The molecule has 1 aromatic carbocycles. The SMILES string of the molecule is CC(O)CN(C)C(=O)CSc1ccc([N+](=O)[O-])cc1. The third-order valence-electron chi connectivity index (χ3n) is 2.37. The minimum Gasteiger partial charge on any atom is -0.392 e. The number of nitro groups is 1. The summed E-state index contributed by atoms with van der Waals surface area (Å²) >= 11 is 1.31. The largest absolute Gasteiger partial charge is 0.392 e. The Hall–Kier alpha value is -1.60. The van der Waals surface area contributed by atoms with E-state index < -0.39 is 11.0 Å². The van der Waals surface area contributed by atoms with Crippen LogP contribution in [-0.2, 0) is 4.79 Å². The monoisotopic (exact) mass is 284 g/mol. The van der Waals surface area contributed by atoms with Crippen molar-refractivity contribution in [3.8, 4) is 0 Å². The van der Waals surface area contributed by atoms with E-state index in [0.717, 1.165) is 4.90 Å². The summed E-state index contributed by atoms with van der Waals surface area (Å²) in [7, 11) is 1.63. The van der Waals surface area contributed by atoms with Crippen LogP contribution in [0.3, 0.4) is 0 Å². The Morgan fingerprint density at radius 1 is 1.47 bits per heavy atom. The summed E-state index contributed by atoms with van der Waals surface area (Å²) in [5.74, 6) is 0.144. The highest BCUT2D eigenvalue weighted by Gasteiger charge is 2.11. The normalized spacial score (nSPS) is 11.9. The number of amides is 1.